The van der Waals surface area contributed by atoms with Crippen molar-refractivity contribution in [1.29, 1.82) is 0 Å². The van der Waals surface area contributed by atoms with Gasteiger partial charge in [0.15, 0.2) is 16.6 Å². The first kappa shape index (κ1) is 20.0. The Morgan fingerprint density at radius 1 is 1.06 bits per heavy atom. The largest absolute Gasteiger partial charge is 0.463 e. The Morgan fingerprint density at radius 3 is 2.61 bits per heavy atom. The molecule has 4 aromatic rings. The van der Waals surface area contributed by atoms with Crippen LogP contribution in [0.1, 0.15) is 26.6 Å². The highest BCUT2D eigenvalue weighted by Crippen LogP contribution is 2.24. The first-order chi connectivity index (χ1) is 15.0. The van der Waals surface area contributed by atoms with Crippen molar-refractivity contribution in [2.75, 3.05) is 0 Å². The van der Waals surface area contributed by atoms with E-state index in [1.54, 1.807) is 19.1 Å². The van der Waals surface area contributed by atoms with Crippen LogP contribution in [0.25, 0.3) is 22.7 Å². The van der Waals surface area contributed by atoms with E-state index in [1.807, 2.05) is 30.3 Å². The number of carbonyl (C=O) groups is 2. The average Bonchev–Trinajstić information content (AvgIpc) is 3.52. The Balaban J connectivity index is 1.37. The molecule has 3 aromatic heterocycles. The summed E-state index contributed by atoms with van der Waals surface area (Å²) in [4.78, 5) is 25.0. The molecule has 0 unspecified atom stereocenters. The number of furan rings is 1. The molecule has 4 rings (SSSR count). The number of amides is 2. The summed E-state index contributed by atoms with van der Waals surface area (Å²) in [7, 11) is 0. The number of nitrogens with zero attached hydrogens (tertiary/aromatic N) is 2. The van der Waals surface area contributed by atoms with E-state index in [4.69, 9.17) is 21.2 Å². The molecule has 1 aromatic carbocycles. The molecule has 11 heteroatoms. The molecule has 0 atom stereocenters. The number of aromatic nitrogens is 3. The van der Waals surface area contributed by atoms with Crippen molar-refractivity contribution in [3.8, 4) is 22.7 Å². The third kappa shape index (κ3) is 4.36. The Kier molecular flexibility index (Phi) is 5.58. The first-order valence-corrected chi connectivity index (χ1v) is 9.46. The highest BCUT2D eigenvalue weighted by Gasteiger charge is 2.22. The van der Waals surface area contributed by atoms with Gasteiger partial charge in [0.25, 0.3) is 11.8 Å². The maximum atomic E-state index is 12.7. The highest BCUT2D eigenvalue weighted by molar-refractivity contribution is 7.80. The van der Waals surface area contributed by atoms with Crippen LogP contribution in [0.3, 0.4) is 0 Å². The van der Waals surface area contributed by atoms with E-state index >= 15 is 0 Å². The molecule has 0 aliphatic heterocycles. The summed E-state index contributed by atoms with van der Waals surface area (Å²) in [6.07, 6.45) is 1.51. The van der Waals surface area contributed by atoms with Crippen LogP contribution < -0.4 is 16.2 Å². The van der Waals surface area contributed by atoms with Crippen LogP contribution in [0.4, 0.5) is 0 Å². The monoisotopic (exact) mass is 436 g/mol. The molecule has 10 nitrogen and oxygen atoms in total. The van der Waals surface area contributed by atoms with E-state index in [0.717, 1.165) is 5.56 Å². The Bertz CT molecular complexity index is 1230. The number of carbonyl (C=O) groups excluding carboxylic acids is 2. The lowest BCUT2D eigenvalue weighted by Crippen LogP contribution is -2.48. The van der Waals surface area contributed by atoms with E-state index in [0.29, 0.717) is 22.9 Å². The number of hydrogen-bond donors (Lipinski definition) is 4. The number of benzene rings is 1. The van der Waals surface area contributed by atoms with Gasteiger partial charge in [-0.1, -0.05) is 35.5 Å². The van der Waals surface area contributed by atoms with E-state index in [-0.39, 0.29) is 16.4 Å². The molecule has 31 heavy (non-hydrogen) atoms. The topological polar surface area (TPSA) is 138 Å². The zero-order valence-corrected chi connectivity index (χ0v) is 16.9. The molecule has 0 spiro atoms. The van der Waals surface area contributed by atoms with E-state index < -0.39 is 11.8 Å². The molecule has 0 saturated carbocycles. The third-order valence-electron chi connectivity index (χ3n) is 4.25. The molecule has 2 amide bonds. The maximum Gasteiger partial charge on any atom is 0.290 e. The molecule has 0 bridgehead atoms. The summed E-state index contributed by atoms with van der Waals surface area (Å²) in [6.45, 7) is 1.63. The second-order valence-electron chi connectivity index (χ2n) is 6.33. The van der Waals surface area contributed by atoms with Gasteiger partial charge in [0.05, 0.1) is 6.26 Å². The van der Waals surface area contributed by atoms with Gasteiger partial charge in [-0.3, -0.25) is 30.9 Å². The predicted molar refractivity (Wildman–Crippen MR) is 114 cm³/mol. The number of rotatable bonds is 4. The normalized spacial score (nSPS) is 10.5. The molecule has 0 fully saturated rings. The number of thiocarbonyl (C=S) groups is 1. The summed E-state index contributed by atoms with van der Waals surface area (Å²) in [6, 6.07) is 14.1. The minimum Gasteiger partial charge on any atom is -0.463 e. The molecule has 3 heterocycles. The SMILES string of the molecule is Cc1onc(-c2ccccc2)c1C(=O)NC(=S)NNC(=O)c1cc(-c2ccco2)[nH]n1. The summed E-state index contributed by atoms with van der Waals surface area (Å²) >= 11 is 5.09. The predicted octanol–water partition coefficient (Wildman–Crippen LogP) is 2.58. The van der Waals surface area contributed by atoms with Crippen molar-refractivity contribution in [2.24, 2.45) is 0 Å². The van der Waals surface area contributed by atoms with Gasteiger partial charge in [-0.05, 0) is 31.3 Å². The van der Waals surface area contributed by atoms with Crippen LogP contribution in [-0.2, 0) is 0 Å². The minimum absolute atomic E-state index is 0.106. The fourth-order valence-corrected chi connectivity index (χ4v) is 2.95. The number of hydrogen-bond acceptors (Lipinski definition) is 7. The lowest BCUT2D eigenvalue weighted by molar-refractivity contribution is 0.0930. The summed E-state index contributed by atoms with van der Waals surface area (Å²) in [5, 5.41) is 13.0. The standard InChI is InChI=1S/C20H16N6O4S/c1-11-16(17(26-30-11)12-6-3-2-4-7-12)19(28)21-20(31)25-24-18(27)14-10-13(22-23-14)15-8-5-9-29-15/h2-10H,1H3,(H,22,23)(H,24,27)(H2,21,25,28,31). The fourth-order valence-electron chi connectivity index (χ4n) is 2.80. The van der Waals surface area contributed by atoms with Gasteiger partial charge in [0.2, 0.25) is 0 Å². The summed E-state index contributed by atoms with van der Waals surface area (Å²) in [5.74, 6) is -0.202. The van der Waals surface area contributed by atoms with Gasteiger partial charge < -0.3 is 8.94 Å². The number of aromatic amines is 1. The van der Waals surface area contributed by atoms with Gasteiger partial charge in [-0.2, -0.15) is 5.10 Å². The zero-order valence-electron chi connectivity index (χ0n) is 16.1. The minimum atomic E-state index is -0.559. The van der Waals surface area contributed by atoms with Crippen LogP contribution >= 0.6 is 12.2 Å². The van der Waals surface area contributed by atoms with Gasteiger partial charge in [0, 0.05) is 11.6 Å². The second kappa shape index (κ2) is 8.63. The van der Waals surface area contributed by atoms with E-state index in [9.17, 15) is 9.59 Å². The maximum absolute atomic E-state index is 12.7. The quantitative estimate of drug-likeness (QED) is 0.283. The second-order valence-corrected chi connectivity index (χ2v) is 6.74. The number of hydrazine groups is 1. The first-order valence-electron chi connectivity index (χ1n) is 9.05. The van der Waals surface area contributed by atoms with Crippen LogP contribution in [0.15, 0.2) is 63.7 Å². The zero-order chi connectivity index (χ0) is 21.8. The lowest BCUT2D eigenvalue weighted by Gasteiger charge is -2.10. The molecule has 0 saturated heterocycles. The van der Waals surface area contributed by atoms with Gasteiger partial charge in [-0.25, -0.2) is 0 Å². The van der Waals surface area contributed by atoms with Crippen LogP contribution in [-0.4, -0.2) is 32.3 Å². The van der Waals surface area contributed by atoms with Gasteiger partial charge in [-0.15, -0.1) is 0 Å². The van der Waals surface area contributed by atoms with Crippen molar-refractivity contribution < 1.29 is 18.5 Å². The highest BCUT2D eigenvalue weighted by atomic mass is 32.1. The van der Waals surface area contributed by atoms with Crippen LogP contribution in [0.2, 0.25) is 0 Å². The van der Waals surface area contributed by atoms with Crippen molar-refractivity contribution in [2.45, 2.75) is 6.92 Å². The van der Waals surface area contributed by atoms with Crippen molar-refractivity contribution in [3.63, 3.8) is 0 Å². The van der Waals surface area contributed by atoms with Crippen molar-refractivity contribution >= 4 is 29.1 Å². The Hall–Kier alpha value is -4.25. The van der Waals surface area contributed by atoms with Crippen molar-refractivity contribution in [3.05, 3.63) is 71.8 Å². The number of H-pyrrole nitrogens is 1. The average molecular weight is 436 g/mol. The number of aryl methyl sites for hydroxylation is 1. The van der Waals surface area contributed by atoms with Crippen LogP contribution in [0.5, 0.6) is 0 Å². The molecule has 0 radical (unpaired) electrons. The van der Waals surface area contributed by atoms with E-state index in [2.05, 4.69) is 31.5 Å². The van der Waals surface area contributed by atoms with Gasteiger partial charge in [0.1, 0.15) is 22.7 Å². The Morgan fingerprint density at radius 2 is 1.87 bits per heavy atom. The lowest BCUT2D eigenvalue weighted by atomic mass is 10.1. The molecular formula is C20H16N6O4S. The van der Waals surface area contributed by atoms with Crippen molar-refractivity contribution in [1.82, 2.24) is 31.5 Å². The molecule has 0 aliphatic carbocycles. The fraction of sp³-hybridized carbons (Fsp3) is 0.0500. The Labute approximate surface area is 181 Å². The molecule has 156 valence electrons. The summed E-state index contributed by atoms with van der Waals surface area (Å²) in [5.41, 5.74) is 6.85. The molecule has 4 N–H and O–H groups in total. The van der Waals surface area contributed by atoms with Gasteiger partial charge >= 0.3 is 0 Å². The third-order valence-corrected chi connectivity index (χ3v) is 4.45. The smallest absolute Gasteiger partial charge is 0.290 e. The molecule has 0 aliphatic rings. The van der Waals surface area contributed by atoms with Crippen LogP contribution in [0, 0.1) is 6.92 Å². The number of nitrogens with one attached hydrogen (secondary N) is 4. The van der Waals surface area contributed by atoms with E-state index in [1.165, 1.54) is 12.3 Å². The molecular weight excluding hydrogens is 420 g/mol. The summed E-state index contributed by atoms with van der Waals surface area (Å²) < 4.78 is 10.4.